The molecule has 19 heavy (non-hydrogen) atoms. The number of nitrogens with one attached hydrogen (secondary N) is 1. The average Bonchev–Trinajstić information content (AvgIpc) is 2.97. The molecule has 1 heterocycles. The summed E-state index contributed by atoms with van der Waals surface area (Å²) in [4.78, 5) is 28.2. The Morgan fingerprint density at radius 2 is 2.05 bits per heavy atom. The first-order valence-corrected chi connectivity index (χ1v) is 7.28. The van der Waals surface area contributed by atoms with Crippen LogP contribution in [0.3, 0.4) is 0 Å². The Balaban J connectivity index is 2.13. The van der Waals surface area contributed by atoms with Crippen LogP contribution in [0, 0.1) is 0 Å². The lowest BCUT2D eigenvalue weighted by Crippen LogP contribution is -2.52. The Bertz CT molecular complexity index is 490. The molecule has 5 nitrogen and oxygen atoms in total. The summed E-state index contributed by atoms with van der Waals surface area (Å²) in [6.07, 6.45) is 4.21. The molecule has 0 saturated heterocycles. The summed E-state index contributed by atoms with van der Waals surface area (Å²) in [5, 5.41) is 12.9. The van der Waals surface area contributed by atoms with Gasteiger partial charge in [-0.3, -0.25) is 4.79 Å². The Morgan fingerprint density at radius 1 is 1.42 bits per heavy atom. The zero-order valence-electron chi connectivity index (χ0n) is 11.1. The topological polar surface area (TPSA) is 79.3 Å². The van der Waals surface area contributed by atoms with Crippen LogP contribution in [0.2, 0.25) is 0 Å². The minimum Gasteiger partial charge on any atom is -0.480 e. The summed E-state index contributed by atoms with van der Waals surface area (Å²) in [7, 11) is 0. The molecule has 0 atom stereocenters. The lowest BCUT2D eigenvalue weighted by molar-refractivity contribution is -0.144. The molecule has 0 bridgehead atoms. The number of rotatable bonds is 4. The van der Waals surface area contributed by atoms with Gasteiger partial charge in [-0.1, -0.05) is 26.7 Å². The van der Waals surface area contributed by atoms with E-state index < -0.39 is 11.5 Å². The second kappa shape index (κ2) is 5.28. The fraction of sp³-hybridized carbons (Fsp3) is 0.615. The van der Waals surface area contributed by atoms with Crippen LogP contribution in [-0.4, -0.2) is 27.5 Å². The Morgan fingerprint density at radius 3 is 2.53 bits per heavy atom. The fourth-order valence-electron chi connectivity index (χ4n) is 2.31. The molecular weight excluding hydrogens is 264 g/mol. The smallest absolute Gasteiger partial charge is 0.329 e. The van der Waals surface area contributed by atoms with Gasteiger partial charge in [0.25, 0.3) is 5.91 Å². The predicted molar refractivity (Wildman–Crippen MR) is 72.5 cm³/mol. The number of carbonyl (C=O) groups excluding carboxylic acids is 1. The van der Waals surface area contributed by atoms with Crippen molar-refractivity contribution in [3.63, 3.8) is 0 Å². The molecule has 0 unspecified atom stereocenters. The van der Waals surface area contributed by atoms with E-state index in [1.54, 1.807) is 0 Å². The van der Waals surface area contributed by atoms with Crippen LogP contribution >= 0.6 is 11.3 Å². The molecule has 2 N–H and O–H groups in total. The van der Waals surface area contributed by atoms with Gasteiger partial charge in [0, 0.05) is 5.92 Å². The van der Waals surface area contributed by atoms with Crippen molar-refractivity contribution in [3.05, 3.63) is 16.1 Å². The van der Waals surface area contributed by atoms with Crippen molar-refractivity contribution in [1.82, 2.24) is 10.3 Å². The number of aliphatic carboxylic acids is 1. The minimum absolute atomic E-state index is 0.270. The van der Waals surface area contributed by atoms with Gasteiger partial charge >= 0.3 is 5.97 Å². The molecule has 0 aliphatic heterocycles. The highest BCUT2D eigenvalue weighted by Gasteiger charge is 2.42. The molecular formula is C13H18N2O3S. The van der Waals surface area contributed by atoms with E-state index in [1.165, 1.54) is 17.5 Å². The molecule has 1 aliphatic carbocycles. The molecule has 2 rings (SSSR count). The molecule has 1 aromatic rings. The van der Waals surface area contributed by atoms with Gasteiger partial charge in [0.1, 0.15) is 10.4 Å². The van der Waals surface area contributed by atoms with Crippen molar-refractivity contribution >= 4 is 23.2 Å². The Kier molecular flexibility index (Phi) is 3.89. The third-order valence-electron chi connectivity index (χ3n) is 3.46. The highest BCUT2D eigenvalue weighted by atomic mass is 32.1. The minimum atomic E-state index is -1.08. The maximum absolute atomic E-state index is 12.1. The number of hydrogen-bond acceptors (Lipinski definition) is 4. The van der Waals surface area contributed by atoms with E-state index in [4.69, 9.17) is 0 Å². The van der Waals surface area contributed by atoms with Gasteiger partial charge < -0.3 is 10.4 Å². The Labute approximate surface area is 116 Å². The van der Waals surface area contributed by atoms with E-state index in [9.17, 15) is 14.7 Å². The van der Waals surface area contributed by atoms with E-state index in [0.717, 1.165) is 17.8 Å². The predicted octanol–water partition coefficient (Wildman–Crippen LogP) is 2.39. The highest BCUT2D eigenvalue weighted by Crippen LogP contribution is 2.31. The monoisotopic (exact) mass is 282 g/mol. The number of thiazole rings is 1. The molecule has 0 spiro atoms. The van der Waals surface area contributed by atoms with Gasteiger partial charge in [-0.15, -0.1) is 11.3 Å². The normalized spacial score (nSPS) is 17.6. The van der Waals surface area contributed by atoms with E-state index in [1.807, 2.05) is 13.8 Å². The molecule has 1 saturated carbocycles. The van der Waals surface area contributed by atoms with Crippen molar-refractivity contribution in [3.8, 4) is 0 Å². The quantitative estimate of drug-likeness (QED) is 0.888. The second-order valence-corrected chi connectivity index (χ2v) is 6.33. The van der Waals surface area contributed by atoms with Gasteiger partial charge in [-0.25, -0.2) is 9.78 Å². The zero-order chi connectivity index (χ0) is 14.0. The summed E-state index contributed by atoms with van der Waals surface area (Å²) in [5.74, 6) is -0.993. The van der Waals surface area contributed by atoms with E-state index in [-0.39, 0.29) is 11.8 Å². The van der Waals surface area contributed by atoms with Gasteiger partial charge in [0.2, 0.25) is 0 Å². The molecule has 1 fully saturated rings. The summed E-state index contributed by atoms with van der Waals surface area (Å²) in [6.45, 7) is 4.02. The van der Waals surface area contributed by atoms with Crippen LogP contribution < -0.4 is 5.32 Å². The standard InChI is InChI=1S/C13H18N2O3S/c1-8(2)11-14-7-9(19-11)10(16)15-13(12(17)18)5-3-4-6-13/h7-8H,3-6H2,1-2H3,(H,15,16)(H,17,18). The van der Waals surface area contributed by atoms with Crippen LogP contribution in [0.1, 0.15) is 60.1 Å². The highest BCUT2D eigenvalue weighted by molar-refractivity contribution is 7.13. The van der Waals surface area contributed by atoms with Crippen molar-refractivity contribution in [1.29, 1.82) is 0 Å². The molecule has 1 amide bonds. The summed E-state index contributed by atoms with van der Waals surface area (Å²) >= 11 is 1.33. The maximum Gasteiger partial charge on any atom is 0.329 e. The largest absolute Gasteiger partial charge is 0.480 e. The molecule has 0 aromatic carbocycles. The van der Waals surface area contributed by atoms with Crippen LogP contribution in [0.15, 0.2) is 6.20 Å². The summed E-state index contributed by atoms with van der Waals surface area (Å²) < 4.78 is 0. The molecule has 0 radical (unpaired) electrons. The molecule has 104 valence electrons. The van der Waals surface area contributed by atoms with Crippen molar-refractivity contribution in [2.24, 2.45) is 0 Å². The number of aromatic nitrogens is 1. The second-order valence-electron chi connectivity index (χ2n) is 5.27. The molecule has 1 aliphatic rings. The van der Waals surface area contributed by atoms with Crippen LogP contribution in [-0.2, 0) is 4.79 Å². The summed E-state index contributed by atoms with van der Waals surface area (Å²) in [5.41, 5.74) is -1.08. The van der Waals surface area contributed by atoms with E-state index in [2.05, 4.69) is 10.3 Å². The average molecular weight is 282 g/mol. The van der Waals surface area contributed by atoms with Gasteiger partial charge in [-0.2, -0.15) is 0 Å². The van der Waals surface area contributed by atoms with Crippen molar-refractivity contribution in [2.45, 2.75) is 51.0 Å². The van der Waals surface area contributed by atoms with Crippen molar-refractivity contribution < 1.29 is 14.7 Å². The van der Waals surface area contributed by atoms with Crippen LogP contribution in [0.25, 0.3) is 0 Å². The number of hydrogen-bond donors (Lipinski definition) is 2. The number of amides is 1. The van der Waals surface area contributed by atoms with Crippen LogP contribution in [0.4, 0.5) is 0 Å². The molecule has 6 heteroatoms. The number of carboxylic acids is 1. The van der Waals surface area contributed by atoms with E-state index >= 15 is 0 Å². The zero-order valence-corrected chi connectivity index (χ0v) is 11.9. The SMILES string of the molecule is CC(C)c1ncc(C(=O)NC2(C(=O)O)CCCC2)s1. The van der Waals surface area contributed by atoms with Crippen LogP contribution in [0.5, 0.6) is 0 Å². The van der Waals surface area contributed by atoms with Crippen molar-refractivity contribution in [2.75, 3.05) is 0 Å². The first-order chi connectivity index (χ1) is 8.94. The lowest BCUT2D eigenvalue weighted by atomic mass is 9.98. The number of carbonyl (C=O) groups is 2. The first-order valence-electron chi connectivity index (χ1n) is 6.46. The molecule has 1 aromatic heterocycles. The lowest BCUT2D eigenvalue weighted by Gasteiger charge is -2.24. The number of nitrogens with zero attached hydrogens (tertiary/aromatic N) is 1. The van der Waals surface area contributed by atoms with Gasteiger partial charge in [-0.05, 0) is 12.8 Å². The van der Waals surface area contributed by atoms with Gasteiger partial charge in [0.15, 0.2) is 0 Å². The maximum atomic E-state index is 12.1. The van der Waals surface area contributed by atoms with E-state index in [0.29, 0.717) is 17.7 Å². The van der Waals surface area contributed by atoms with Gasteiger partial charge in [0.05, 0.1) is 11.2 Å². The Hall–Kier alpha value is -1.43. The summed E-state index contributed by atoms with van der Waals surface area (Å²) in [6, 6.07) is 0. The third-order valence-corrected chi connectivity index (χ3v) is 4.76. The first kappa shape index (κ1) is 14.0. The number of carboxylic acid groups (broad SMARTS) is 1. The fourth-order valence-corrected chi connectivity index (χ4v) is 3.12. The third kappa shape index (κ3) is 2.78.